The fraction of sp³-hybridized carbons (Fsp3) is 0.375. The van der Waals surface area contributed by atoms with Gasteiger partial charge in [-0.15, -0.1) is 0 Å². The van der Waals surface area contributed by atoms with Gasteiger partial charge in [-0.1, -0.05) is 30.3 Å². The molecule has 2 heterocycles. The van der Waals surface area contributed by atoms with Crippen molar-refractivity contribution in [3.05, 3.63) is 52.2 Å². The van der Waals surface area contributed by atoms with Crippen LogP contribution in [-0.4, -0.2) is 28.0 Å². The van der Waals surface area contributed by atoms with E-state index in [9.17, 15) is 10.1 Å². The van der Waals surface area contributed by atoms with Crippen molar-refractivity contribution in [1.29, 1.82) is 0 Å². The van der Waals surface area contributed by atoms with E-state index in [0.29, 0.717) is 6.54 Å². The van der Waals surface area contributed by atoms with Crippen molar-refractivity contribution in [2.45, 2.75) is 18.9 Å². The minimum absolute atomic E-state index is 0.0165. The first-order valence-electron chi connectivity index (χ1n) is 7.82. The Balaban J connectivity index is 1.68. The molecule has 1 aromatic carbocycles. The van der Waals surface area contributed by atoms with Crippen molar-refractivity contribution in [3.63, 3.8) is 0 Å². The van der Waals surface area contributed by atoms with Crippen LogP contribution in [0.4, 0.5) is 17.5 Å². The van der Waals surface area contributed by atoms with Gasteiger partial charge in [0.25, 0.3) is 0 Å². The number of aromatic nitrogens is 2. The van der Waals surface area contributed by atoms with E-state index in [4.69, 9.17) is 10.5 Å². The van der Waals surface area contributed by atoms with Crippen LogP contribution in [0.2, 0.25) is 0 Å². The second kappa shape index (κ2) is 7.22. The zero-order chi connectivity index (χ0) is 16.9. The molecule has 0 spiro atoms. The predicted molar refractivity (Wildman–Crippen MR) is 89.4 cm³/mol. The van der Waals surface area contributed by atoms with E-state index in [-0.39, 0.29) is 29.5 Å². The second-order valence-electron chi connectivity index (χ2n) is 5.71. The molecule has 1 fully saturated rings. The molecule has 8 heteroatoms. The highest BCUT2D eigenvalue weighted by Crippen LogP contribution is 2.33. The Bertz CT molecular complexity index is 710. The first kappa shape index (κ1) is 16.1. The lowest BCUT2D eigenvalue weighted by molar-refractivity contribution is -0.384. The summed E-state index contributed by atoms with van der Waals surface area (Å²) >= 11 is 0. The number of ether oxygens (including phenoxy) is 1. The maximum atomic E-state index is 10.7. The van der Waals surface area contributed by atoms with E-state index in [1.54, 1.807) is 0 Å². The topological polar surface area (TPSA) is 116 Å². The van der Waals surface area contributed by atoms with Crippen LogP contribution in [-0.2, 0) is 4.74 Å². The van der Waals surface area contributed by atoms with E-state index in [1.807, 2.05) is 18.2 Å². The van der Waals surface area contributed by atoms with Gasteiger partial charge in [0.15, 0.2) is 0 Å². The van der Waals surface area contributed by atoms with Crippen LogP contribution in [0.3, 0.4) is 0 Å². The van der Waals surface area contributed by atoms with Gasteiger partial charge in [-0.2, -0.15) is 4.98 Å². The summed E-state index contributed by atoms with van der Waals surface area (Å²) in [5.41, 5.74) is 6.45. The molecule has 0 amide bonds. The largest absolute Gasteiger partial charge is 0.378 e. The number of rotatable bonds is 5. The Kier molecular flexibility index (Phi) is 4.85. The van der Waals surface area contributed by atoms with Gasteiger partial charge < -0.3 is 15.8 Å². The lowest BCUT2D eigenvalue weighted by Gasteiger charge is -2.32. The van der Waals surface area contributed by atoms with Crippen LogP contribution in [0, 0.1) is 16.0 Å². The number of hydrogen-bond acceptors (Lipinski definition) is 7. The van der Waals surface area contributed by atoms with Crippen molar-refractivity contribution in [1.82, 2.24) is 9.97 Å². The number of nitrogen functional groups attached to an aromatic ring is 1. The molecular formula is C16H19N5O3. The zero-order valence-electron chi connectivity index (χ0n) is 13.1. The Labute approximate surface area is 139 Å². The number of benzene rings is 1. The monoisotopic (exact) mass is 329 g/mol. The Morgan fingerprint density at radius 2 is 2.17 bits per heavy atom. The number of hydrogen-bond donors (Lipinski definition) is 2. The van der Waals surface area contributed by atoms with Crippen LogP contribution < -0.4 is 11.1 Å². The first-order chi connectivity index (χ1) is 11.6. The third kappa shape index (κ3) is 3.60. The molecule has 8 nitrogen and oxygen atoms in total. The van der Waals surface area contributed by atoms with Gasteiger partial charge in [0, 0.05) is 19.1 Å². The fourth-order valence-corrected chi connectivity index (χ4v) is 2.90. The number of nitrogens with one attached hydrogen (secondary N) is 1. The quantitative estimate of drug-likeness (QED) is 0.639. The summed E-state index contributed by atoms with van der Waals surface area (Å²) in [5, 5.41) is 13.9. The van der Waals surface area contributed by atoms with Gasteiger partial charge in [-0.25, -0.2) is 4.98 Å². The fourth-order valence-electron chi connectivity index (χ4n) is 2.90. The summed E-state index contributed by atoms with van der Waals surface area (Å²) in [5.74, 6) is 0.411. The molecule has 0 saturated carbocycles. The van der Waals surface area contributed by atoms with E-state index < -0.39 is 4.92 Å². The molecule has 0 aliphatic carbocycles. The molecule has 24 heavy (non-hydrogen) atoms. The predicted octanol–water partition coefficient (Wildman–Crippen LogP) is 2.55. The van der Waals surface area contributed by atoms with Crippen molar-refractivity contribution in [2.75, 3.05) is 24.2 Å². The minimum Gasteiger partial charge on any atom is -0.378 e. The lowest BCUT2D eigenvalue weighted by atomic mass is 9.89. The highest BCUT2D eigenvalue weighted by Gasteiger charge is 2.27. The molecule has 2 atom stereocenters. The summed E-state index contributed by atoms with van der Waals surface area (Å²) in [6.45, 7) is 1.36. The van der Waals surface area contributed by atoms with Gasteiger partial charge in [-0.3, -0.25) is 10.1 Å². The van der Waals surface area contributed by atoms with Crippen LogP contribution in [0.15, 0.2) is 36.5 Å². The Morgan fingerprint density at radius 3 is 2.88 bits per heavy atom. The number of anilines is 2. The molecule has 126 valence electrons. The Hall–Kier alpha value is -2.74. The molecule has 0 radical (unpaired) electrons. The van der Waals surface area contributed by atoms with Crippen molar-refractivity contribution in [3.8, 4) is 0 Å². The van der Waals surface area contributed by atoms with Crippen LogP contribution in [0.25, 0.3) is 0 Å². The van der Waals surface area contributed by atoms with E-state index in [0.717, 1.165) is 31.2 Å². The van der Waals surface area contributed by atoms with Gasteiger partial charge >= 0.3 is 5.69 Å². The van der Waals surface area contributed by atoms with Crippen LogP contribution >= 0.6 is 0 Å². The third-order valence-electron chi connectivity index (χ3n) is 4.09. The maximum absolute atomic E-state index is 10.7. The van der Waals surface area contributed by atoms with Crippen molar-refractivity contribution >= 4 is 17.5 Å². The molecule has 1 aromatic heterocycles. The standard InChI is InChI=1S/C16H19N5O3/c17-15-13(21(22)23)10-19-16(20-15)18-9-12-7-4-8-24-14(12)11-5-2-1-3-6-11/h1-3,5-6,10,12,14H,4,7-9H2,(H3,17,18,19,20). The molecule has 2 aromatic rings. The van der Waals surface area contributed by atoms with Gasteiger partial charge in [-0.05, 0) is 18.4 Å². The molecule has 1 aliphatic rings. The van der Waals surface area contributed by atoms with Gasteiger partial charge in [0.1, 0.15) is 6.20 Å². The summed E-state index contributed by atoms with van der Waals surface area (Å²) in [7, 11) is 0. The maximum Gasteiger partial charge on any atom is 0.329 e. The second-order valence-corrected chi connectivity index (χ2v) is 5.71. The van der Waals surface area contributed by atoms with Crippen LogP contribution in [0.1, 0.15) is 24.5 Å². The normalized spacial score (nSPS) is 20.5. The summed E-state index contributed by atoms with van der Waals surface area (Å²) < 4.78 is 5.94. The minimum atomic E-state index is -0.598. The summed E-state index contributed by atoms with van der Waals surface area (Å²) in [4.78, 5) is 18.1. The molecule has 3 N–H and O–H groups in total. The molecule has 2 unspecified atom stereocenters. The van der Waals surface area contributed by atoms with E-state index >= 15 is 0 Å². The SMILES string of the molecule is Nc1nc(NCC2CCCOC2c2ccccc2)ncc1[N+](=O)[O-]. The number of nitro groups is 1. The first-order valence-corrected chi connectivity index (χ1v) is 7.82. The lowest BCUT2D eigenvalue weighted by Crippen LogP contribution is -2.28. The van der Waals surface area contributed by atoms with Gasteiger partial charge in [0.05, 0.1) is 11.0 Å². The molecule has 0 bridgehead atoms. The van der Waals surface area contributed by atoms with Gasteiger partial charge in [0.2, 0.25) is 11.8 Å². The summed E-state index contributed by atoms with van der Waals surface area (Å²) in [6, 6.07) is 10.1. The average molecular weight is 329 g/mol. The number of nitrogens with zero attached hydrogens (tertiary/aromatic N) is 3. The van der Waals surface area contributed by atoms with Crippen LogP contribution in [0.5, 0.6) is 0 Å². The molecule has 1 saturated heterocycles. The average Bonchev–Trinajstić information content (AvgIpc) is 2.61. The third-order valence-corrected chi connectivity index (χ3v) is 4.09. The van der Waals surface area contributed by atoms with Crippen molar-refractivity contribution < 1.29 is 9.66 Å². The zero-order valence-corrected chi connectivity index (χ0v) is 13.1. The van der Waals surface area contributed by atoms with E-state index in [2.05, 4.69) is 27.4 Å². The molecular weight excluding hydrogens is 310 g/mol. The molecule has 1 aliphatic heterocycles. The Morgan fingerprint density at radius 1 is 1.38 bits per heavy atom. The van der Waals surface area contributed by atoms with E-state index in [1.165, 1.54) is 0 Å². The molecule has 3 rings (SSSR count). The number of nitrogens with two attached hydrogens (primary N) is 1. The highest BCUT2D eigenvalue weighted by atomic mass is 16.6. The smallest absolute Gasteiger partial charge is 0.329 e. The highest BCUT2D eigenvalue weighted by molar-refractivity contribution is 5.53. The van der Waals surface area contributed by atoms with Crippen molar-refractivity contribution in [2.24, 2.45) is 5.92 Å². The summed E-state index contributed by atoms with van der Waals surface area (Å²) in [6.07, 6.45) is 3.16.